The maximum absolute atomic E-state index is 5.43. The van der Waals surface area contributed by atoms with Crippen molar-refractivity contribution in [3.05, 3.63) is 35.8 Å². The molecule has 1 heteroatoms. The van der Waals surface area contributed by atoms with Gasteiger partial charge in [-0.2, -0.15) is 0 Å². The standard InChI is InChI=1S/C12H16O.C2H6/c1-5-12-11(7-6-9(2)3)8-10(4)13-12;1-2/h5-9H,1H2,2-4H3;1-2H3/b7-6-;. The van der Waals surface area contributed by atoms with Gasteiger partial charge in [0.2, 0.25) is 0 Å². The van der Waals surface area contributed by atoms with Crippen LogP contribution < -0.4 is 0 Å². The summed E-state index contributed by atoms with van der Waals surface area (Å²) in [5, 5.41) is 0. The number of hydrogen-bond donors (Lipinski definition) is 0. The van der Waals surface area contributed by atoms with E-state index in [1.165, 1.54) is 0 Å². The Balaban J connectivity index is 0.000000921. The molecular weight excluding hydrogens is 184 g/mol. The van der Waals surface area contributed by atoms with E-state index in [1.807, 2.05) is 26.8 Å². The summed E-state index contributed by atoms with van der Waals surface area (Å²) < 4.78 is 5.43. The average Bonchev–Trinajstić information content (AvgIpc) is 2.59. The minimum absolute atomic E-state index is 0.563. The molecule has 0 radical (unpaired) electrons. The molecule has 1 heterocycles. The second kappa shape index (κ2) is 7.10. The van der Waals surface area contributed by atoms with Gasteiger partial charge in [0.25, 0.3) is 0 Å². The monoisotopic (exact) mass is 206 g/mol. The Kier molecular flexibility index (Phi) is 6.52. The zero-order valence-corrected chi connectivity index (χ0v) is 10.5. The molecule has 0 amide bonds. The Labute approximate surface area is 93.5 Å². The first kappa shape index (κ1) is 13.8. The van der Waals surface area contributed by atoms with Gasteiger partial charge in [-0.15, -0.1) is 0 Å². The summed E-state index contributed by atoms with van der Waals surface area (Å²) >= 11 is 0. The maximum atomic E-state index is 5.43. The predicted octanol–water partition coefficient (Wildman–Crippen LogP) is 4.93. The van der Waals surface area contributed by atoms with Gasteiger partial charge in [0, 0.05) is 5.56 Å². The minimum atomic E-state index is 0.563. The molecule has 15 heavy (non-hydrogen) atoms. The zero-order valence-electron chi connectivity index (χ0n) is 10.5. The predicted molar refractivity (Wildman–Crippen MR) is 68.8 cm³/mol. The van der Waals surface area contributed by atoms with E-state index >= 15 is 0 Å². The second-order valence-electron chi connectivity index (χ2n) is 3.48. The van der Waals surface area contributed by atoms with Crippen LogP contribution in [0.25, 0.3) is 12.2 Å². The third kappa shape index (κ3) is 4.68. The van der Waals surface area contributed by atoms with Gasteiger partial charge in [-0.05, 0) is 25.0 Å². The van der Waals surface area contributed by atoms with E-state index < -0.39 is 0 Å². The third-order valence-electron chi connectivity index (χ3n) is 1.76. The minimum Gasteiger partial charge on any atom is -0.461 e. The van der Waals surface area contributed by atoms with Crippen LogP contribution >= 0.6 is 0 Å². The van der Waals surface area contributed by atoms with Crippen LogP contribution in [0.15, 0.2) is 23.1 Å². The lowest BCUT2D eigenvalue weighted by Crippen LogP contribution is -1.77. The molecular formula is C14H22O. The summed E-state index contributed by atoms with van der Waals surface area (Å²) in [6.07, 6.45) is 5.97. The first-order valence-corrected chi connectivity index (χ1v) is 5.54. The van der Waals surface area contributed by atoms with E-state index in [0.29, 0.717) is 5.92 Å². The van der Waals surface area contributed by atoms with Crippen molar-refractivity contribution in [2.75, 3.05) is 0 Å². The molecule has 0 saturated heterocycles. The second-order valence-corrected chi connectivity index (χ2v) is 3.48. The van der Waals surface area contributed by atoms with E-state index in [2.05, 4.69) is 32.6 Å². The van der Waals surface area contributed by atoms with Crippen molar-refractivity contribution in [2.45, 2.75) is 34.6 Å². The van der Waals surface area contributed by atoms with Crippen molar-refractivity contribution in [1.82, 2.24) is 0 Å². The number of allylic oxidation sites excluding steroid dienone is 1. The van der Waals surface area contributed by atoms with Crippen molar-refractivity contribution in [3.8, 4) is 0 Å². The number of furan rings is 1. The molecule has 0 atom stereocenters. The zero-order chi connectivity index (χ0) is 11.8. The summed E-state index contributed by atoms with van der Waals surface area (Å²) in [6.45, 7) is 13.9. The molecule has 1 aromatic heterocycles. The van der Waals surface area contributed by atoms with E-state index in [4.69, 9.17) is 4.42 Å². The fraction of sp³-hybridized carbons (Fsp3) is 0.429. The van der Waals surface area contributed by atoms with Gasteiger partial charge in [-0.3, -0.25) is 0 Å². The first-order valence-electron chi connectivity index (χ1n) is 5.54. The lowest BCUT2D eigenvalue weighted by atomic mass is 10.1. The SMILES string of the molecule is C=Cc1oc(C)cc1/C=C\C(C)C.CC. The molecule has 0 aliphatic heterocycles. The van der Waals surface area contributed by atoms with Crippen LogP contribution in [0.4, 0.5) is 0 Å². The van der Waals surface area contributed by atoms with Gasteiger partial charge in [-0.25, -0.2) is 0 Å². The largest absolute Gasteiger partial charge is 0.461 e. The lowest BCUT2D eigenvalue weighted by molar-refractivity contribution is 0.524. The molecule has 0 N–H and O–H groups in total. The average molecular weight is 206 g/mol. The summed E-state index contributed by atoms with van der Waals surface area (Å²) in [5.41, 5.74) is 1.11. The van der Waals surface area contributed by atoms with Crippen molar-refractivity contribution in [1.29, 1.82) is 0 Å². The highest BCUT2D eigenvalue weighted by molar-refractivity contribution is 5.61. The van der Waals surface area contributed by atoms with Gasteiger partial charge in [-0.1, -0.05) is 46.4 Å². The van der Waals surface area contributed by atoms with Crippen LogP contribution in [0.2, 0.25) is 0 Å². The van der Waals surface area contributed by atoms with Crippen molar-refractivity contribution >= 4 is 12.2 Å². The van der Waals surface area contributed by atoms with Crippen molar-refractivity contribution < 1.29 is 4.42 Å². The van der Waals surface area contributed by atoms with Crippen LogP contribution in [0.1, 0.15) is 44.8 Å². The summed E-state index contributed by atoms with van der Waals surface area (Å²) in [5.74, 6) is 2.35. The molecule has 0 aromatic carbocycles. The Morgan fingerprint density at radius 1 is 1.33 bits per heavy atom. The summed E-state index contributed by atoms with van der Waals surface area (Å²) in [6, 6.07) is 2.02. The molecule has 0 spiro atoms. The van der Waals surface area contributed by atoms with Gasteiger partial charge < -0.3 is 4.42 Å². The highest BCUT2D eigenvalue weighted by atomic mass is 16.3. The van der Waals surface area contributed by atoms with E-state index in [-0.39, 0.29) is 0 Å². The Hall–Kier alpha value is -1.24. The van der Waals surface area contributed by atoms with Crippen LogP contribution in [0.5, 0.6) is 0 Å². The number of hydrogen-bond acceptors (Lipinski definition) is 1. The summed E-state index contributed by atoms with van der Waals surface area (Å²) in [7, 11) is 0. The van der Waals surface area contributed by atoms with Crippen molar-refractivity contribution in [2.24, 2.45) is 5.92 Å². The molecule has 0 aliphatic carbocycles. The van der Waals surface area contributed by atoms with Crippen LogP contribution in [-0.4, -0.2) is 0 Å². The molecule has 0 bridgehead atoms. The van der Waals surface area contributed by atoms with E-state index in [1.54, 1.807) is 6.08 Å². The van der Waals surface area contributed by atoms with E-state index in [0.717, 1.165) is 17.1 Å². The first-order chi connectivity index (χ1) is 7.13. The molecule has 84 valence electrons. The van der Waals surface area contributed by atoms with E-state index in [9.17, 15) is 0 Å². The number of rotatable bonds is 3. The molecule has 1 nitrogen and oxygen atoms in total. The van der Waals surface area contributed by atoms with Gasteiger partial charge >= 0.3 is 0 Å². The third-order valence-corrected chi connectivity index (χ3v) is 1.76. The van der Waals surface area contributed by atoms with Gasteiger partial charge in [0.1, 0.15) is 11.5 Å². The highest BCUT2D eigenvalue weighted by Crippen LogP contribution is 2.18. The molecule has 1 aromatic rings. The van der Waals surface area contributed by atoms with Crippen LogP contribution in [-0.2, 0) is 0 Å². The Morgan fingerprint density at radius 3 is 2.40 bits per heavy atom. The molecule has 0 saturated carbocycles. The molecule has 0 unspecified atom stereocenters. The van der Waals surface area contributed by atoms with Gasteiger partial charge in [0.05, 0.1) is 0 Å². The lowest BCUT2D eigenvalue weighted by Gasteiger charge is -1.93. The Bertz CT molecular complexity index is 316. The van der Waals surface area contributed by atoms with Crippen molar-refractivity contribution in [3.63, 3.8) is 0 Å². The fourth-order valence-electron chi connectivity index (χ4n) is 1.14. The molecule has 0 fully saturated rings. The van der Waals surface area contributed by atoms with Crippen LogP contribution in [0, 0.1) is 12.8 Å². The quantitative estimate of drug-likeness (QED) is 0.683. The smallest absolute Gasteiger partial charge is 0.133 e. The normalized spacial score (nSPS) is 10.3. The maximum Gasteiger partial charge on any atom is 0.133 e. The number of aryl methyl sites for hydroxylation is 1. The summed E-state index contributed by atoms with van der Waals surface area (Å²) in [4.78, 5) is 0. The Morgan fingerprint density at radius 2 is 1.93 bits per heavy atom. The van der Waals surface area contributed by atoms with Crippen LogP contribution in [0.3, 0.4) is 0 Å². The fourth-order valence-corrected chi connectivity index (χ4v) is 1.14. The van der Waals surface area contributed by atoms with Gasteiger partial charge in [0.15, 0.2) is 0 Å². The topological polar surface area (TPSA) is 13.1 Å². The molecule has 0 aliphatic rings. The highest BCUT2D eigenvalue weighted by Gasteiger charge is 2.01. The molecule has 1 rings (SSSR count).